The van der Waals surface area contributed by atoms with Crippen molar-refractivity contribution in [2.75, 3.05) is 7.11 Å². The molecule has 1 N–H and O–H groups in total. The molecule has 1 unspecified atom stereocenters. The fourth-order valence-electron chi connectivity index (χ4n) is 3.38. The van der Waals surface area contributed by atoms with Crippen LogP contribution in [0.5, 0.6) is 0 Å². The molecule has 5 nitrogen and oxygen atoms in total. The van der Waals surface area contributed by atoms with Gasteiger partial charge in [-0.2, -0.15) is 0 Å². The van der Waals surface area contributed by atoms with E-state index in [1.54, 1.807) is 7.11 Å². The summed E-state index contributed by atoms with van der Waals surface area (Å²) in [5.41, 5.74) is -0.707. The van der Waals surface area contributed by atoms with Gasteiger partial charge in [0.05, 0.1) is 6.10 Å². The lowest BCUT2D eigenvalue weighted by atomic mass is 9.81. The molecule has 2 rings (SSSR count). The average molecular weight is 282 g/mol. The standard InChI is InChI=1S/C15H26N2O3/c1-5-12-13(18)16-15(6-2,7-3)14(19)17(12)10-8-11(9-10)20-4/h10-12H,5-9H2,1-4H3,(H,16,18). The van der Waals surface area contributed by atoms with Gasteiger partial charge in [0.15, 0.2) is 0 Å². The molecule has 0 spiro atoms. The molecule has 0 aromatic carbocycles. The van der Waals surface area contributed by atoms with E-state index in [4.69, 9.17) is 4.74 Å². The Balaban J connectivity index is 2.24. The van der Waals surface area contributed by atoms with E-state index in [2.05, 4.69) is 5.32 Å². The molecular weight excluding hydrogens is 256 g/mol. The van der Waals surface area contributed by atoms with E-state index in [0.717, 1.165) is 12.8 Å². The normalized spacial score (nSPS) is 32.8. The highest BCUT2D eigenvalue weighted by Crippen LogP contribution is 2.35. The lowest BCUT2D eigenvalue weighted by Gasteiger charge is -2.52. The van der Waals surface area contributed by atoms with Crippen LogP contribution < -0.4 is 5.32 Å². The van der Waals surface area contributed by atoms with Crippen LogP contribution in [0.4, 0.5) is 0 Å². The van der Waals surface area contributed by atoms with E-state index in [1.807, 2.05) is 25.7 Å². The second-order valence-electron chi connectivity index (χ2n) is 5.90. The van der Waals surface area contributed by atoms with Crippen molar-refractivity contribution in [1.82, 2.24) is 10.2 Å². The van der Waals surface area contributed by atoms with Crippen molar-refractivity contribution in [3.8, 4) is 0 Å². The highest BCUT2D eigenvalue weighted by atomic mass is 16.5. The molecule has 1 saturated carbocycles. The Hall–Kier alpha value is -1.10. The third kappa shape index (κ3) is 2.22. The Morgan fingerprint density at radius 3 is 2.30 bits per heavy atom. The molecule has 1 heterocycles. The fourth-order valence-corrected chi connectivity index (χ4v) is 3.38. The number of nitrogens with zero attached hydrogens (tertiary/aromatic N) is 1. The first-order chi connectivity index (χ1) is 9.52. The first-order valence-electron chi connectivity index (χ1n) is 7.70. The Morgan fingerprint density at radius 1 is 1.25 bits per heavy atom. The minimum absolute atomic E-state index is 0.00309. The van der Waals surface area contributed by atoms with E-state index < -0.39 is 5.54 Å². The molecule has 0 aromatic rings. The van der Waals surface area contributed by atoms with Crippen molar-refractivity contribution in [2.24, 2.45) is 0 Å². The van der Waals surface area contributed by atoms with Crippen LogP contribution in [0.15, 0.2) is 0 Å². The summed E-state index contributed by atoms with van der Waals surface area (Å²) in [5, 5.41) is 2.98. The first-order valence-corrected chi connectivity index (χ1v) is 7.70. The number of carbonyl (C=O) groups excluding carboxylic acids is 2. The van der Waals surface area contributed by atoms with E-state index >= 15 is 0 Å². The number of carbonyl (C=O) groups is 2. The summed E-state index contributed by atoms with van der Waals surface area (Å²) < 4.78 is 5.30. The quantitative estimate of drug-likeness (QED) is 0.830. The average Bonchev–Trinajstić information content (AvgIpc) is 2.41. The minimum Gasteiger partial charge on any atom is -0.381 e. The van der Waals surface area contributed by atoms with E-state index in [1.165, 1.54) is 0 Å². The predicted octanol–water partition coefficient (Wildman–Crippen LogP) is 1.46. The summed E-state index contributed by atoms with van der Waals surface area (Å²) in [4.78, 5) is 27.1. The smallest absolute Gasteiger partial charge is 0.249 e. The topological polar surface area (TPSA) is 58.6 Å². The van der Waals surface area contributed by atoms with Crippen LogP contribution in [0.25, 0.3) is 0 Å². The largest absolute Gasteiger partial charge is 0.381 e. The zero-order valence-corrected chi connectivity index (χ0v) is 12.9. The summed E-state index contributed by atoms with van der Waals surface area (Å²) in [6.07, 6.45) is 3.86. The second kappa shape index (κ2) is 5.72. The maximum absolute atomic E-state index is 12.9. The molecule has 0 bridgehead atoms. The van der Waals surface area contributed by atoms with Gasteiger partial charge in [-0.15, -0.1) is 0 Å². The third-order valence-electron chi connectivity index (χ3n) is 5.04. The van der Waals surface area contributed by atoms with Gasteiger partial charge in [0, 0.05) is 13.2 Å². The van der Waals surface area contributed by atoms with Crippen LogP contribution in [0.1, 0.15) is 52.9 Å². The Kier molecular flexibility index (Phi) is 4.37. The minimum atomic E-state index is -0.707. The number of piperazine rings is 1. The monoisotopic (exact) mass is 282 g/mol. The van der Waals surface area contributed by atoms with Crippen molar-refractivity contribution in [2.45, 2.75) is 76.6 Å². The number of nitrogens with one attached hydrogen (secondary N) is 1. The van der Waals surface area contributed by atoms with E-state index in [-0.39, 0.29) is 30.0 Å². The van der Waals surface area contributed by atoms with Gasteiger partial charge in [0.25, 0.3) is 0 Å². The zero-order chi connectivity index (χ0) is 14.9. The van der Waals surface area contributed by atoms with E-state index in [0.29, 0.717) is 19.3 Å². The molecule has 2 aliphatic rings. The summed E-state index contributed by atoms with van der Waals surface area (Å²) in [6.45, 7) is 5.89. The first kappa shape index (κ1) is 15.3. The van der Waals surface area contributed by atoms with Gasteiger partial charge in [0.2, 0.25) is 11.8 Å². The van der Waals surface area contributed by atoms with Gasteiger partial charge in [-0.25, -0.2) is 0 Å². The van der Waals surface area contributed by atoms with Crippen LogP contribution in [-0.4, -0.2) is 47.6 Å². The van der Waals surface area contributed by atoms with Crippen molar-refractivity contribution in [3.05, 3.63) is 0 Å². The van der Waals surface area contributed by atoms with Gasteiger partial charge in [-0.1, -0.05) is 20.8 Å². The molecule has 1 aliphatic heterocycles. The molecule has 0 radical (unpaired) electrons. The lowest BCUT2D eigenvalue weighted by molar-refractivity contribution is -0.164. The molecule has 0 aromatic heterocycles. The molecule has 2 amide bonds. The highest BCUT2D eigenvalue weighted by molar-refractivity contribution is 6.00. The van der Waals surface area contributed by atoms with Gasteiger partial charge in [-0.3, -0.25) is 9.59 Å². The van der Waals surface area contributed by atoms with Crippen molar-refractivity contribution >= 4 is 11.8 Å². The highest BCUT2D eigenvalue weighted by Gasteiger charge is 2.52. The summed E-state index contributed by atoms with van der Waals surface area (Å²) in [7, 11) is 1.70. The zero-order valence-electron chi connectivity index (χ0n) is 12.9. The Bertz CT molecular complexity index is 387. The Labute approximate surface area is 121 Å². The van der Waals surface area contributed by atoms with Crippen LogP contribution in [0, 0.1) is 0 Å². The number of amides is 2. The van der Waals surface area contributed by atoms with Crippen LogP contribution in [-0.2, 0) is 14.3 Å². The van der Waals surface area contributed by atoms with Gasteiger partial charge < -0.3 is 15.0 Å². The van der Waals surface area contributed by atoms with Crippen molar-refractivity contribution in [1.29, 1.82) is 0 Å². The van der Waals surface area contributed by atoms with Crippen LogP contribution >= 0.6 is 0 Å². The molecule has 5 heteroatoms. The van der Waals surface area contributed by atoms with Crippen LogP contribution in [0.2, 0.25) is 0 Å². The number of hydrogen-bond acceptors (Lipinski definition) is 3. The molecule has 114 valence electrons. The van der Waals surface area contributed by atoms with Gasteiger partial charge in [0.1, 0.15) is 11.6 Å². The summed E-state index contributed by atoms with van der Waals surface area (Å²) in [6, 6.07) is -0.169. The SMILES string of the molecule is CCC1C(=O)NC(CC)(CC)C(=O)N1C1CC(OC)C1. The second-order valence-corrected chi connectivity index (χ2v) is 5.90. The molecule has 1 saturated heterocycles. The van der Waals surface area contributed by atoms with Crippen molar-refractivity contribution < 1.29 is 14.3 Å². The lowest BCUT2D eigenvalue weighted by Crippen LogP contribution is -2.73. The third-order valence-corrected chi connectivity index (χ3v) is 5.04. The number of rotatable bonds is 5. The molecule has 2 fully saturated rings. The number of hydrogen-bond donors (Lipinski definition) is 1. The summed E-state index contributed by atoms with van der Waals surface area (Å²) in [5.74, 6) is 0.0881. The van der Waals surface area contributed by atoms with Crippen LogP contribution in [0.3, 0.4) is 0 Å². The van der Waals surface area contributed by atoms with Gasteiger partial charge >= 0.3 is 0 Å². The predicted molar refractivity (Wildman–Crippen MR) is 76.2 cm³/mol. The maximum atomic E-state index is 12.9. The van der Waals surface area contributed by atoms with Crippen molar-refractivity contribution in [3.63, 3.8) is 0 Å². The Morgan fingerprint density at radius 2 is 1.85 bits per heavy atom. The fraction of sp³-hybridized carbons (Fsp3) is 0.867. The maximum Gasteiger partial charge on any atom is 0.249 e. The molecule has 1 atom stereocenters. The molecular formula is C15H26N2O3. The van der Waals surface area contributed by atoms with Gasteiger partial charge in [-0.05, 0) is 32.1 Å². The number of ether oxygens (including phenoxy) is 1. The summed E-state index contributed by atoms with van der Waals surface area (Å²) >= 11 is 0. The molecule has 1 aliphatic carbocycles. The molecule has 20 heavy (non-hydrogen) atoms. The number of methoxy groups -OCH3 is 1. The van der Waals surface area contributed by atoms with E-state index in [9.17, 15) is 9.59 Å².